The molecule has 1 aromatic carbocycles. The van der Waals surface area contributed by atoms with Crippen molar-refractivity contribution in [2.75, 3.05) is 0 Å². The van der Waals surface area contributed by atoms with E-state index in [1.165, 1.54) is 6.26 Å². The van der Waals surface area contributed by atoms with E-state index in [-0.39, 0.29) is 0 Å². The molecule has 0 aliphatic heterocycles. The van der Waals surface area contributed by atoms with Crippen LogP contribution >= 0.6 is 0 Å². The van der Waals surface area contributed by atoms with Gasteiger partial charge in [-0.25, -0.2) is 4.79 Å². The molecule has 6 nitrogen and oxygen atoms in total. The molecule has 0 radical (unpaired) electrons. The summed E-state index contributed by atoms with van der Waals surface area (Å²) in [5, 5.41) is 11.0. The van der Waals surface area contributed by atoms with E-state index in [2.05, 4.69) is 5.32 Å². The highest BCUT2D eigenvalue weighted by Crippen LogP contribution is 2.02. The molecule has 0 aliphatic rings. The molecule has 0 spiro atoms. The zero-order valence-corrected chi connectivity index (χ0v) is 10.3. The van der Waals surface area contributed by atoms with Crippen molar-refractivity contribution in [1.82, 2.24) is 5.32 Å². The molecular weight excluding hydrogens is 248 g/mol. The maximum atomic E-state index is 10.2. The number of nitrogens with two attached hydrogens (primary N) is 1. The second-order valence-electron chi connectivity index (χ2n) is 3.13. The lowest BCUT2D eigenvalue weighted by molar-refractivity contribution is -0.0979. The molecule has 0 unspecified atom stereocenters. The van der Waals surface area contributed by atoms with Crippen molar-refractivity contribution in [3.05, 3.63) is 54.5 Å². The fourth-order valence-electron chi connectivity index (χ4n) is 1.02. The highest BCUT2D eigenvalue weighted by molar-refractivity contribution is 5.71. The maximum absolute atomic E-state index is 10.2. The predicted molar refractivity (Wildman–Crippen MR) is 70.4 cm³/mol. The molecule has 102 valence electrons. The molecule has 2 aromatic rings. The lowest BCUT2D eigenvalue weighted by Gasteiger charge is -1.95. The van der Waals surface area contributed by atoms with Gasteiger partial charge in [-0.2, -0.15) is 0 Å². The van der Waals surface area contributed by atoms with Crippen LogP contribution in [0.2, 0.25) is 0 Å². The quantitative estimate of drug-likeness (QED) is 0.766. The summed E-state index contributed by atoms with van der Waals surface area (Å²) in [5.41, 5.74) is 4.82. The average molecular weight is 264 g/mol. The van der Waals surface area contributed by atoms with E-state index in [9.17, 15) is 4.79 Å². The van der Waals surface area contributed by atoms with Crippen molar-refractivity contribution in [2.45, 2.75) is 6.54 Å². The normalized spacial score (nSPS) is 8.21. The lowest BCUT2D eigenvalue weighted by Crippen LogP contribution is -2.28. The van der Waals surface area contributed by atoms with E-state index in [4.69, 9.17) is 20.1 Å². The summed E-state index contributed by atoms with van der Waals surface area (Å²) in [4.78, 5) is 18.2. The molecule has 2 rings (SSSR count). The number of para-hydroxylation sites is 1. The average Bonchev–Trinajstić information content (AvgIpc) is 2.93. The largest absolute Gasteiger partial charge is 0.508 e. The number of phenolic OH excluding ortho intramolecular Hbond substituents is 1. The van der Waals surface area contributed by atoms with Gasteiger partial charge in [0.1, 0.15) is 18.3 Å². The number of primary amides is 1. The second-order valence-corrected chi connectivity index (χ2v) is 3.13. The van der Waals surface area contributed by atoms with Crippen LogP contribution in [-0.2, 0) is 11.3 Å². The van der Waals surface area contributed by atoms with Crippen LogP contribution < -0.4 is 11.1 Å². The van der Waals surface area contributed by atoms with Gasteiger partial charge in [-0.05, 0) is 24.3 Å². The zero-order valence-electron chi connectivity index (χ0n) is 10.3. The standard InChI is InChI=1S/C6H8N2O2.C6H6O.CH2O/c7-6(9)8-4-5-2-1-3-10-5;7-6-4-2-1-3-5-6;1-2/h1-3H,4H2,(H3,7,8,9);1-5,7H;1H2. The SMILES string of the molecule is C=O.NC(=O)NCc1ccco1.Oc1ccccc1. The Morgan fingerprint density at radius 2 is 1.84 bits per heavy atom. The van der Waals surface area contributed by atoms with E-state index in [0.29, 0.717) is 18.1 Å². The molecule has 6 heteroatoms. The van der Waals surface area contributed by atoms with Crippen LogP contribution in [0.15, 0.2) is 53.1 Å². The Morgan fingerprint density at radius 1 is 1.21 bits per heavy atom. The van der Waals surface area contributed by atoms with E-state index < -0.39 is 6.03 Å². The van der Waals surface area contributed by atoms with E-state index in [1.807, 2.05) is 12.9 Å². The molecule has 0 aliphatic carbocycles. The minimum atomic E-state index is -0.545. The van der Waals surface area contributed by atoms with Crippen LogP contribution in [0.5, 0.6) is 5.75 Å². The second kappa shape index (κ2) is 10.4. The van der Waals surface area contributed by atoms with Crippen molar-refractivity contribution in [1.29, 1.82) is 0 Å². The number of hydrogen-bond donors (Lipinski definition) is 3. The van der Waals surface area contributed by atoms with Crippen molar-refractivity contribution < 1.29 is 19.1 Å². The summed E-state index contributed by atoms with van der Waals surface area (Å²) < 4.78 is 4.91. The third-order valence-corrected chi connectivity index (χ3v) is 1.77. The van der Waals surface area contributed by atoms with Crippen molar-refractivity contribution in [3.8, 4) is 5.75 Å². The summed E-state index contributed by atoms with van der Waals surface area (Å²) in [6.07, 6.45) is 1.54. The molecule has 0 bridgehead atoms. The van der Waals surface area contributed by atoms with Gasteiger partial charge in [0, 0.05) is 0 Å². The Balaban J connectivity index is 0.000000316. The van der Waals surface area contributed by atoms with Crippen LogP contribution in [0.4, 0.5) is 4.79 Å². The van der Waals surface area contributed by atoms with Crippen LogP contribution in [0, 0.1) is 0 Å². The van der Waals surface area contributed by atoms with Gasteiger partial charge in [-0.3, -0.25) is 0 Å². The number of urea groups is 1. The third-order valence-electron chi connectivity index (χ3n) is 1.77. The van der Waals surface area contributed by atoms with Crippen molar-refractivity contribution in [2.24, 2.45) is 5.73 Å². The first-order valence-corrected chi connectivity index (χ1v) is 5.27. The Morgan fingerprint density at radius 3 is 2.21 bits per heavy atom. The highest BCUT2D eigenvalue weighted by atomic mass is 16.3. The number of hydrogen-bond acceptors (Lipinski definition) is 4. The third kappa shape index (κ3) is 8.99. The minimum Gasteiger partial charge on any atom is -0.508 e. The first kappa shape index (κ1) is 16.2. The van der Waals surface area contributed by atoms with Crippen molar-refractivity contribution in [3.63, 3.8) is 0 Å². The summed E-state index contributed by atoms with van der Waals surface area (Å²) in [6, 6.07) is 11.7. The highest BCUT2D eigenvalue weighted by Gasteiger charge is 1.94. The molecule has 1 heterocycles. The van der Waals surface area contributed by atoms with Gasteiger partial charge < -0.3 is 25.4 Å². The summed E-state index contributed by atoms with van der Waals surface area (Å²) in [7, 11) is 0. The number of phenols is 1. The van der Waals surface area contributed by atoms with Crippen molar-refractivity contribution >= 4 is 12.8 Å². The Kier molecular flexibility index (Phi) is 8.89. The number of benzene rings is 1. The molecule has 19 heavy (non-hydrogen) atoms. The Hall–Kier alpha value is -2.76. The number of aromatic hydroxyl groups is 1. The molecule has 0 fully saturated rings. The summed E-state index contributed by atoms with van der Waals surface area (Å²) in [5.74, 6) is 1.02. The Labute approximate surface area is 110 Å². The molecule has 0 saturated heterocycles. The summed E-state index contributed by atoms with van der Waals surface area (Å²) in [6.45, 7) is 2.35. The van der Waals surface area contributed by atoms with Gasteiger partial charge in [0.05, 0.1) is 12.8 Å². The topological polar surface area (TPSA) is 106 Å². The van der Waals surface area contributed by atoms with E-state index >= 15 is 0 Å². The summed E-state index contributed by atoms with van der Waals surface area (Å²) >= 11 is 0. The van der Waals surface area contributed by atoms with Crippen LogP contribution in [0.1, 0.15) is 5.76 Å². The number of carbonyl (C=O) groups is 2. The van der Waals surface area contributed by atoms with E-state index in [1.54, 1.807) is 36.4 Å². The van der Waals surface area contributed by atoms with Gasteiger partial charge in [0.25, 0.3) is 0 Å². The molecular formula is C13H16N2O4. The smallest absolute Gasteiger partial charge is 0.312 e. The number of rotatable bonds is 2. The number of carbonyl (C=O) groups excluding carboxylic acids is 2. The van der Waals surface area contributed by atoms with Gasteiger partial charge in [-0.1, -0.05) is 18.2 Å². The fraction of sp³-hybridized carbons (Fsp3) is 0.0769. The van der Waals surface area contributed by atoms with Gasteiger partial charge in [0.15, 0.2) is 0 Å². The van der Waals surface area contributed by atoms with Gasteiger partial charge in [-0.15, -0.1) is 0 Å². The molecule has 0 atom stereocenters. The lowest BCUT2D eigenvalue weighted by atomic mass is 10.3. The van der Waals surface area contributed by atoms with Crippen LogP contribution in [0.3, 0.4) is 0 Å². The molecule has 4 N–H and O–H groups in total. The number of furan rings is 1. The number of amides is 2. The fourth-order valence-corrected chi connectivity index (χ4v) is 1.02. The first-order chi connectivity index (χ1) is 9.18. The maximum Gasteiger partial charge on any atom is 0.312 e. The van der Waals surface area contributed by atoms with Gasteiger partial charge in [0.2, 0.25) is 0 Å². The zero-order chi connectivity index (χ0) is 14.5. The monoisotopic (exact) mass is 264 g/mol. The van der Waals surface area contributed by atoms with Crippen LogP contribution in [0.25, 0.3) is 0 Å². The predicted octanol–water partition coefficient (Wildman–Crippen LogP) is 1.66. The molecule has 0 saturated carbocycles. The number of nitrogens with one attached hydrogen (secondary N) is 1. The Bertz CT molecular complexity index is 443. The van der Waals surface area contributed by atoms with E-state index in [0.717, 1.165) is 0 Å². The van der Waals surface area contributed by atoms with Crippen LogP contribution in [-0.4, -0.2) is 17.9 Å². The first-order valence-electron chi connectivity index (χ1n) is 5.27. The molecule has 2 amide bonds. The molecule has 1 aromatic heterocycles. The minimum absolute atomic E-state index is 0.322. The van der Waals surface area contributed by atoms with Gasteiger partial charge >= 0.3 is 6.03 Å².